The Morgan fingerprint density at radius 1 is 1.21 bits per heavy atom. The Balaban J connectivity index is 1.77. The largest absolute Gasteiger partial charge is 0.496 e. The van der Waals surface area contributed by atoms with Gasteiger partial charge in [-0.1, -0.05) is 46.3 Å². The van der Waals surface area contributed by atoms with Crippen LogP contribution in [-0.4, -0.2) is 38.1 Å². The highest BCUT2D eigenvalue weighted by atomic mass is 79.9. The van der Waals surface area contributed by atoms with E-state index < -0.39 is 6.04 Å². The van der Waals surface area contributed by atoms with Crippen molar-refractivity contribution in [1.29, 1.82) is 0 Å². The van der Waals surface area contributed by atoms with Gasteiger partial charge in [0.2, 0.25) is 11.8 Å². The molecule has 2 N–H and O–H groups in total. The zero-order chi connectivity index (χ0) is 23.5. The molecule has 0 saturated carbocycles. The van der Waals surface area contributed by atoms with Gasteiger partial charge in [-0.25, -0.2) is 0 Å². The highest BCUT2D eigenvalue weighted by Gasteiger charge is 2.32. The number of amides is 2. The van der Waals surface area contributed by atoms with Gasteiger partial charge in [0.15, 0.2) is 0 Å². The van der Waals surface area contributed by atoms with Crippen molar-refractivity contribution in [2.75, 3.05) is 19.1 Å². The lowest BCUT2D eigenvalue weighted by Crippen LogP contribution is -2.52. The second-order valence-corrected chi connectivity index (χ2v) is 9.19. The number of anilines is 1. The number of methoxy groups -OCH3 is 1. The van der Waals surface area contributed by atoms with E-state index in [1.54, 1.807) is 26.0 Å². The van der Waals surface area contributed by atoms with Gasteiger partial charge in [-0.3, -0.25) is 9.59 Å². The number of hydrogen-bond donors (Lipinski definition) is 2. The average molecular weight is 510 g/mol. The molecule has 2 amide bonds. The molecule has 0 aliphatic carbocycles. The van der Waals surface area contributed by atoms with E-state index >= 15 is 0 Å². The Morgan fingerprint density at radius 2 is 2.00 bits per heavy atom. The summed E-state index contributed by atoms with van der Waals surface area (Å²) < 4.78 is 6.68. The first-order valence-electron chi connectivity index (χ1n) is 11.0. The van der Waals surface area contributed by atoms with Crippen molar-refractivity contribution < 1.29 is 14.3 Å². The van der Waals surface area contributed by atoms with Gasteiger partial charge in [-0.2, -0.15) is 0 Å². The van der Waals surface area contributed by atoms with Crippen LogP contribution in [-0.2, 0) is 22.6 Å². The molecule has 2 atom stereocenters. The van der Waals surface area contributed by atoms with Gasteiger partial charge < -0.3 is 20.3 Å². The number of rotatable bonds is 6. The molecule has 3 aromatic rings. The maximum absolute atomic E-state index is 13.8. The van der Waals surface area contributed by atoms with E-state index in [9.17, 15) is 9.59 Å². The maximum Gasteiger partial charge on any atom is 0.249 e. The smallest absolute Gasteiger partial charge is 0.249 e. The number of likely N-dealkylation sites (N-methyl/N-ethyl adjacent to an activating group) is 1. The summed E-state index contributed by atoms with van der Waals surface area (Å²) in [6.07, 6.45) is 1.26. The Labute approximate surface area is 202 Å². The fourth-order valence-corrected chi connectivity index (χ4v) is 4.68. The quantitative estimate of drug-likeness (QED) is 0.522. The molecule has 6 nitrogen and oxygen atoms in total. The zero-order valence-corrected chi connectivity index (χ0v) is 20.6. The number of nitrogens with one attached hydrogen (secondary N) is 2. The molecule has 0 saturated heterocycles. The molecule has 1 heterocycles. The topological polar surface area (TPSA) is 70.7 Å². The van der Waals surface area contributed by atoms with Crippen LogP contribution in [0.1, 0.15) is 24.5 Å². The van der Waals surface area contributed by atoms with Crippen molar-refractivity contribution in [1.82, 2.24) is 10.6 Å². The molecule has 172 valence electrons. The maximum atomic E-state index is 13.8. The molecule has 0 bridgehead atoms. The van der Waals surface area contributed by atoms with Crippen molar-refractivity contribution in [2.24, 2.45) is 0 Å². The molecule has 3 aromatic carbocycles. The highest BCUT2D eigenvalue weighted by molar-refractivity contribution is 9.10. The first-order valence-corrected chi connectivity index (χ1v) is 11.8. The monoisotopic (exact) mass is 509 g/mol. The van der Waals surface area contributed by atoms with E-state index in [-0.39, 0.29) is 17.9 Å². The van der Waals surface area contributed by atoms with Crippen LogP contribution in [0.25, 0.3) is 10.8 Å². The van der Waals surface area contributed by atoms with Gasteiger partial charge >= 0.3 is 0 Å². The van der Waals surface area contributed by atoms with Crippen molar-refractivity contribution in [3.63, 3.8) is 0 Å². The zero-order valence-electron chi connectivity index (χ0n) is 19.0. The predicted octanol–water partition coefficient (Wildman–Crippen LogP) is 4.18. The summed E-state index contributed by atoms with van der Waals surface area (Å²) in [5, 5.41) is 7.97. The lowest BCUT2D eigenvalue weighted by Gasteiger charge is -2.28. The van der Waals surface area contributed by atoms with E-state index in [1.807, 2.05) is 48.5 Å². The fourth-order valence-electron chi connectivity index (χ4n) is 4.30. The van der Waals surface area contributed by atoms with Gasteiger partial charge in [0, 0.05) is 15.7 Å². The van der Waals surface area contributed by atoms with E-state index in [4.69, 9.17) is 4.74 Å². The number of fused-ring (bicyclic) bond motifs is 2. The molecule has 33 heavy (non-hydrogen) atoms. The third kappa shape index (κ3) is 4.75. The molecule has 0 spiro atoms. The summed E-state index contributed by atoms with van der Waals surface area (Å²) in [6.45, 7) is 2.12. The number of hydrogen-bond acceptors (Lipinski definition) is 4. The minimum absolute atomic E-state index is 0.118. The minimum atomic E-state index is -0.601. The summed E-state index contributed by atoms with van der Waals surface area (Å²) in [5.74, 6) is 0.422. The standard InChI is InChI=1S/C26H28BrN3O3/c1-16(28-2)25(31)29-22-12-8-17-6-4-5-7-23(17)30(26(22)32)15-21-20-11-10-19(27)14-18(20)9-13-24(21)33-3/h4-7,9-11,13-14,16,22,28H,8,12,15H2,1-3H3,(H,29,31)/t16-,22?/m0/s1. The first kappa shape index (κ1) is 23.3. The Kier molecular flexibility index (Phi) is 7.00. The molecular formula is C26H28BrN3O3. The molecule has 7 heteroatoms. The van der Waals surface area contributed by atoms with Gasteiger partial charge in [0.05, 0.1) is 19.7 Å². The van der Waals surface area contributed by atoms with Gasteiger partial charge in [0.1, 0.15) is 11.8 Å². The van der Waals surface area contributed by atoms with E-state index in [0.29, 0.717) is 19.4 Å². The second-order valence-electron chi connectivity index (χ2n) is 8.28. The number of halogens is 1. The Hall–Kier alpha value is -2.90. The number of para-hydroxylation sites is 1. The molecular weight excluding hydrogens is 482 g/mol. The van der Waals surface area contributed by atoms with Crippen LogP contribution in [0.5, 0.6) is 5.75 Å². The number of carbonyl (C=O) groups excluding carboxylic acids is 2. The van der Waals surface area contributed by atoms with Crippen LogP contribution >= 0.6 is 15.9 Å². The summed E-state index contributed by atoms with van der Waals surface area (Å²) >= 11 is 3.54. The van der Waals surface area contributed by atoms with Gasteiger partial charge in [-0.15, -0.1) is 0 Å². The highest BCUT2D eigenvalue weighted by Crippen LogP contribution is 2.34. The lowest BCUT2D eigenvalue weighted by molar-refractivity contribution is -0.128. The number of nitrogens with zero attached hydrogens (tertiary/aromatic N) is 1. The summed E-state index contributed by atoms with van der Waals surface area (Å²) in [6, 6.07) is 17.0. The number of aryl methyl sites for hydroxylation is 1. The van der Waals surface area contributed by atoms with Crippen LogP contribution < -0.4 is 20.3 Å². The average Bonchev–Trinajstić information content (AvgIpc) is 2.95. The summed E-state index contributed by atoms with van der Waals surface area (Å²) in [5.41, 5.74) is 2.89. The number of carbonyl (C=O) groups is 2. The first-order chi connectivity index (χ1) is 15.9. The molecule has 1 aliphatic heterocycles. The number of benzene rings is 3. The third-order valence-electron chi connectivity index (χ3n) is 6.28. The second kappa shape index (κ2) is 9.93. The van der Waals surface area contributed by atoms with Crippen molar-refractivity contribution in [2.45, 2.75) is 38.4 Å². The molecule has 0 fully saturated rings. The van der Waals surface area contributed by atoms with Crippen LogP contribution in [0.4, 0.5) is 5.69 Å². The normalized spacial score (nSPS) is 16.8. The van der Waals surface area contributed by atoms with Gasteiger partial charge in [0.25, 0.3) is 0 Å². The Morgan fingerprint density at radius 3 is 2.76 bits per heavy atom. The molecule has 0 radical (unpaired) electrons. The lowest BCUT2D eigenvalue weighted by atomic mass is 10.0. The van der Waals surface area contributed by atoms with Crippen molar-refractivity contribution >= 4 is 44.2 Å². The van der Waals surface area contributed by atoms with E-state index in [2.05, 4.69) is 32.6 Å². The van der Waals surface area contributed by atoms with E-state index in [0.717, 1.165) is 37.8 Å². The van der Waals surface area contributed by atoms with Gasteiger partial charge in [-0.05, 0) is 67.4 Å². The van der Waals surface area contributed by atoms with Crippen molar-refractivity contribution in [3.05, 3.63) is 70.2 Å². The van der Waals surface area contributed by atoms with E-state index in [1.165, 1.54) is 0 Å². The molecule has 0 aromatic heterocycles. The Bertz CT molecular complexity index is 1200. The minimum Gasteiger partial charge on any atom is -0.496 e. The predicted molar refractivity (Wildman–Crippen MR) is 135 cm³/mol. The van der Waals surface area contributed by atoms with Crippen LogP contribution in [0.2, 0.25) is 0 Å². The SMILES string of the molecule is CN[C@@H](C)C(=O)NC1CCc2ccccc2N(Cc2c(OC)ccc3cc(Br)ccc23)C1=O. The van der Waals surface area contributed by atoms with Crippen LogP contribution in [0.15, 0.2) is 59.1 Å². The summed E-state index contributed by atoms with van der Waals surface area (Å²) in [7, 11) is 3.37. The third-order valence-corrected chi connectivity index (χ3v) is 6.77. The fraction of sp³-hybridized carbons (Fsp3) is 0.308. The molecule has 1 unspecified atom stereocenters. The summed E-state index contributed by atoms with van der Waals surface area (Å²) in [4.78, 5) is 28.2. The van der Waals surface area contributed by atoms with Crippen LogP contribution in [0, 0.1) is 0 Å². The molecule has 1 aliphatic rings. The van der Waals surface area contributed by atoms with Crippen molar-refractivity contribution in [3.8, 4) is 5.75 Å². The van der Waals surface area contributed by atoms with Crippen LogP contribution in [0.3, 0.4) is 0 Å². The molecule has 4 rings (SSSR count). The number of ether oxygens (including phenoxy) is 1.